The van der Waals surface area contributed by atoms with Crippen LogP contribution in [0.1, 0.15) is 32.1 Å². The van der Waals surface area contributed by atoms with Gasteiger partial charge in [0.1, 0.15) is 17.2 Å². The van der Waals surface area contributed by atoms with Crippen LogP contribution in [-0.4, -0.2) is 67.9 Å². The SMILES string of the molecule is O=C(O)CCC(NC(=O)NC(CCCCNc1nc(-c2ccnc(Cl)c2)cs1)C(=O)O)C(=O)O. The highest BCUT2D eigenvalue weighted by Gasteiger charge is 2.24. The molecular formula is C20H24ClN5O7S. The maximum absolute atomic E-state index is 12.0. The number of nitrogens with zero attached hydrogens (tertiary/aromatic N) is 2. The van der Waals surface area contributed by atoms with E-state index in [4.69, 9.17) is 21.8 Å². The molecule has 0 aliphatic rings. The number of aliphatic carboxylic acids is 3. The third kappa shape index (κ3) is 9.19. The fraction of sp³-hybridized carbons (Fsp3) is 0.400. The quantitative estimate of drug-likeness (QED) is 0.161. The van der Waals surface area contributed by atoms with Crippen molar-refractivity contribution in [1.29, 1.82) is 0 Å². The number of anilines is 1. The Balaban J connectivity index is 1.75. The summed E-state index contributed by atoms with van der Waals surface area (Å²) >= 11 is 7.30. The first-order chi connectivity index (χ1) is 16.2. The molecule has 0 aliphatic carbocycles. The number of carboxylic acids is 3. The molecule has 34 heavy (non-hydrogen) atoms. The minimum absolute atomic E-state index is 0.121. The zero-order chi connectivity index (χ0) is 25.1. The summed E-state index contributed by atoms with van der Waals surface area (Å²) in [7, 11) is 0. The Morgan fingerprint density at radius 1 is 1.03 bits per heavy atom. The lowest BCUT2D eigenvalue weighted by Gasteiger charge is -2.18. The van der Waals surface area contributed by atoms with Gasteiger partial charge >= 0.3 is 23.9 Å². The van der Waals surface area contributed by atoms with E-state index < -0.39 is 42.4 Å². The minimum Gasteiger partial charge on any atom is -0.481 e. The van der Waals surface area contributed by atoms with Crippen LogP contribution in [0.4, 0.5) is 9.93 Å². The van der Waals surface area contributed by atoms with E-state index in [-0.39, 0.29) is 12.8 Å². The Bertz CT molecular complexity index is 1020. The number of rotatable bonds is 14. The Kier molecular flexibility index (Phi) is 10.5. The molecule has 2 aromatic heterocycles. The number of unbranched alkanes of at least 4 members (excludes halogenated alkanes) is 1. The molecule has 0 radical (unpaired) electrons. The van der Waals surface area contributed by atoms with Gasteiger partial charge in [0, 0.05) is 30.1 Å². The van der Waals surface area contributed by atoms with Crippen LogP contribution in [0.5, 0.6) is 0 Å². The zero-order valence-corrected chi connectivity index (χ0v) is 19.4. The zero-order valence-electron chi connectivity index (χ0n) is 17.9. The van der Waals surface area contributed by atoms with Crippen molar-refractivity contribution in [2.24, 2.45) is 0 Å². The van der Waals surface area contributed by atoms with Gasteiger partial charge in [0.2, 0.25) is 0 Å². The molecule has 6 N–H and O–H groups in total. The fourth-order valence-electron chi connectivity index (χ4n) is 2.86. The number of thiazole rings is 1. The molecule has 184 valence electrons. The van der Waals surface area contributed by atoms with Gasteiger partial charge in [0.15, 0.2) is 5.13 Å². The molecule has 0 aromatic carbocycles. The second-order valence-electron chi connectivity index (χ2n) is 7.16. The molecule has 0 bridgehead atoms. The fourth-order valence-corrected chi connectivity index (χ4v) is 3.78. The largest absolute Gasteiger partial charge is 0.481 e. The van der Waals surface area contributed by atoms with Gasteiger partial charge in [-0.3, -0.25) is 4.79 Å². The van der Waals surface area contributed by atoms with Crippen molar-refractivity contribution in [2.75, 3.05) is 11.9 Å². The second-order valence-corrected chi connectivity index (χ2v) is 8.40. The maximum Gasteiger partial charge on any atom is 0.326 e. The average Bonchev–Trinajstić information content (AvgIpc) is 3.24. The van der Waals surface area contributed by atoms with E-state index >= 15 is 0 Å². The molecule has 2 heterocycles. The topological polar surface area (TPSA) is 191 Å². The van der Waals surface area contributed by atoms with E-state index in [1.807, 2.05) is 5.38 Å². The molecule has 2 amide bonds. The standard InChI is InChI=1S/C20H24ClN5O7S/c21-15-9-11(6-8-22-15)14-10-34-20(26-14)23-7-2-1-3-12(17(29)30)24-19(33)25-13(18(31)32)4-5-16(27)28/h6,8-10,12-13H,1-5,7H2,(H,23,26)(H,27,28)(H,29,30)(H,31,32)(H2,24,25,33). The third-order valence-corrected chi connectivity index (χ3v) is 5.58. The van der Waals surface area contributed by atoms with E-state index in [0.29, 0.717) is 29.7 Å². The van der Waals surface area contributed by atoms with Crippen LogP contribution in [0.25, 0.3) is 11.3 Å². The molecule has 2 unspecified atom stereocenters. The van der Waals surface area contributed by atoms with E-state index in [2.05, 4.69) is 25.9 Å². The van der Waals surface area contributed by atoms with Crippen LogP contribution < -0.4 is 16.0 Å². The van der Waals surface area contributed by atoms with E-state index in [9.17, 15) is 24.3 Å². The highest BCUT2D eigenvalue weighted by atomic mass is 35.5. The normalized spacial score (nSPS) is 12.4. The molecule has 2 atom stereocenters. The number of urea groups is 1. The van der Waals surface area contributed by atoms with Gasteiger partial charge in [-0.1, -0.05) is 11.6 Å². The highest BCUT2D eigenvalue weighted by molar-refractivity contribution is 7.14. The van der Waals surface area contributed by atoms with Crippen LogP contribution in [0, 0.1) is 0 Å². The first-order valence-corrected chi connectivity index (χ1v) is 11.5. The summed E-state index contributed by atoms with van der Waals surface area (Å²) in [4.78, 5) is 53.6. The molecular weight excluding hydrogens is 490 g/mol. The summed E-state index contributed by atoms with van der Waals surface area (Å²) in [5, 5.41) is 37.5. The van der Waals surface area contributed by atoms with Gasteiger partial charge in [0.05, 0.1) is 5.69 Å². The summed E-state index contributed by atoms with van der Waals surface area (Å²) in [6, 6.07) is -0.154. The van der Waals surface area contributed by atoms with Gasteiger partial charge in [0.25, 0.3) is 0 Å². The Hall–Kier alpha value is -3.45. The lowest BCUT2D eigenvalue weighted by molar-refractivity contribution is -0.140. The van der Waals surface area contributed by atoms with Crippen LogP contribution >= 0.6 is 22.9 Å². The number of carbonyl (C=O) groups excluding carboxylic acids is 1. The predicted molar refractivity (Wildman–Crippen MR) is 124 cm³/mol. The van der Waals surface area contributed by atoms with Gasteiger partial charge in [-0.25, -0.2) is 24.4 Å². The van der Waals surface area contributed by atoms with Gasteiger partial charge in [-0.15, -0.1) is 11.3 Å². The first-order valence-electron chi connectivity index (χ1n) is 10.2. The molecule has 0 saturated carbocycles. The Morgan fingerprint density at radius 3 is 2.32 bits per heavy atom. The lowest BCUT2D eigenvalue weighted by atomic mass is 10.1. The van der Waals surface area contributed by atoms with Crippen molar-refractivity contribution in [3.8, 4) is 11.3 Å². The Morgan fingerprint density at radius 2 is 1.71 bits per heavy atom. The van der Waals surface area contributed by atoms with Gasteiger partial charge in [-0.05, 0) is 37.8 Å². The smallest absolute Gasteiger partial charge is 0.326 e. The summed E-state index contributed by atoms with van der Waals surface area (Å²) in [6.45, 7) is 0.527. The number of hydrogen-bond donors (Lipinski definition) is 6. The van der Waals surface area contributed by atoms with E-state index in [0.717, 1.165) is 11.3 Å². The predicted octanol–water partition coefficient (Wildman–Crippen LogP) is 2.51. The number of pyridine rings is 1. The molecule has 0 fully saturated rings. The molecule has 2 rings (SSSR count). The minimum atomic E-state index is -1.44. The van der Waals surface area contributed by atoms with E-state index in [1.165, 1.54) is 11.3 Å². The summed E-state index contributed by atoms with van der Waals surface area (Å²) in [5.74, 6) is -3.88. The van der Waals surface area contributed by atoms with Crippen molar-refractivity contribution in [3.63, 3.8) is 0 Å². The third-order valence-electron chi connectivity index (χ3n) is 4.58. The second kappa shape index (κ2) is 13.3. The van der Waals surface area contributed by atoms with Gasteiger partial charge < -0.3 is 31.3 Å². The van der Waals surface area contributed by atoms with Crippen molar-refractivity contribution in [1.82, 2.24) is 20.6 Å². The van der Waals surface area contributed by atoms with Gasteiger partial charge in [-0.2, -0.15) is 0 Å². The highest BCUT2D eigenvalue weighted by Crippen LogP contribution is 2.25. The van der Waals surface area contributed by atoms with E-state index in [1.54, 1.807) is 18.3 Å². The molecule has 0 saturated heterocycles. The number of nitrogens with one attached hydrogen (secondary N) is 3. The number of halogens is 1. The number of carboxylic acid groups (broad SMARTS) is 3. The van der Waals surface area contributed by atoms with Crippen molar-refractivity contribution < 1.29 is 34.5 Å². The summed E-state index contributed by atoms with van der Waals surface area (Å²) in [5.41, 5.74) is 1.59. The molecule has 2 aromatic rings. The van der Waals surface area contributed by atoms with Crippen LogP contribution in [-0.2, 0) is 14.4 Å². The molecule has 0 aliphatic heterocycles. The average molecular weight is 514 g/mol. The number of hydrogen-bond acceptors (Lipinski definition) is 8. The summed E-state index contributed by atoms with van der Waals surface area (Å²) in [6.07, 6.45) is 1.99. The van der Waals surface area contributed by atoms with Crippen molar-refractivity contribution in [2.45, 2.75) is 44.2 Å². The lowest BCUT2D eigenvalue weighted by Crippen LogP contribution is -2.51. The molecule has 0 spiro atoms. The number of amides is 2. The van der Waals surface area contributed by atoms with Crippen LogP contribution in [0.3, 0.4) is 0 Å². The summed E-state index contributed by atoms with van der Waals surface area (Å²) < 4.78 is 0. The first kappa shape index (κ1) is 26.8. The molecule has 12 nitrogen and oxygen atoms in total. The van der Waals surface area contributed by atoms with Crippen molar-refractivity contribution >= 4 is 52.0 Å². The van der Waals surface area contributed by atoms with Crippen LogP contribution in [0.15, 0.2) is 23.7 Å². The maximum atomic E-state index is 12.0. The Labute approximate surface area is 203 Å². The monoisotopic (exact) mass is 513 g/mol. The number of carbonyl (C=O) groups is 4. The van der Waals surface area contributed by atoms with Crippen LogP contribution in [0.2, 0.25) is 5.15 Å². The number of aromatic nitrogens is 2. The van der Waals surface area contributed by atoms with Crippen molar-refractivity contribution in [3.05, 3.63) is 28.9 Å². The molecule has 14 heteroatoms.